The van der Waals surface area contributed by atoms with Crippen molar-refractivity contribution in [2.45, 2.75) is 32.3 Å². The molecule has 4 heteroatoms. The van der Waals surface area contributed by atoms with E-state index in [1.54, 1.807) is 11.3 Å². The first-order valence-corrected chi connectivity index (χ1v) is 8.01. The Bertz CT molecular complexity index is 586. The summed E-state index contributed by atoms with van der Waals surface area (Å²) in [7, 11) is 0. The molecule has 1 aromatic carbocycles. The maximum absolute atomic E-state index is 10.5. The summed E-state index contributed by atoms with van der Waals surface area (Å²) in [6, 6.07) is 9.66. The molecule has 1 atom stereocenters. The van der Waals surface area contributed by atoms with E-state index in [4.69, 9.17) is 11.6 Å². The largest absolute Gasteiger partial charge is 0.383 e. The van der Waals surface area contributed by atoms with Gasteiger partial charge in [-0.05, 0) is 39.5 Å². The lowest BCUT2D eigenvalue weighted by Gasteiger charge is -2.16. The zero-order chi connectivity index (χ0) is 14.2. The zero-order valence-corrected chi connectivity index (χ0v) is 14.2. The highest BCUT2D eigenvalue weighted by molar-refractivity contribution is 9.10. The summed E-state index contributed by atoms with van der Waals surface area (Å²) in [6.45, 7) is 6.50. The van der Waals surface area contributed by atoms with Gasteiger partial charge in [0.1, 0.15) is 6.10 Å². The molecule has 1 unspecified atom stereocenters. The Labute approximate surface area is 131 Å². The van der Waals surface area contributed by atoms with Crippen LogP contribution < -0.4 is 0 Å². The van der Waals surface area contributed by atoms with E-state index in [1.807, 2.05) is 24.3 Å². The number of thiophene rings is 1. The molecule has 2 aromatic rings. The van der Waals surface area contributed by atoms with E-state index in [0.717, 1.165) is 14.9 Å². The Morgan fingerprint density at radius 3 is 2.47 bits per heavy atom. The van der Waals surface area contributed by atoms with Crippen molar-refractivity contribution in [3.63, 3.8) is 0 Å². The second kappa shape index (κ2) is 5.57. The van der Waals surface area contributed by atoms with Crippen molar-refractivity contribution in [2.75, 3.05) is 0 Å². The van der Waals surface area contributed by atoms with Crippen molar-refractivity contribution in [3.8, 4) is 0 Å². The summed E-state index contributed by atoms with van der Waals surface area (Å²) in [5.74, 6) is 0. The van der Waals surface area contributed by atoms with Crippen LogP contribution >= 0.6 is 38.9 Å². The molecule has 0 amide bonds. The quantitative estimate of drug-likeness (QED) is 0.746. The van der Waals surface area contributed by atoms with Crippen molar-refractivity contribution >= 4 is 38.9 Å². The molecule has 1 aromatic heterocycles. The van der Waals surface area contributed by atoms with Gasteiger partial charge in [0.15, 0.2) is 0 Å². The molecule has 1 heterocycles. The molecule has 0 spiro atoms. The van der Waals surface area contributed by atoms with Gasteiger partial charge in [0.05, 0.1) is 5.02 Å². The summed E-state index contributed by atoms with van der Waals surface area (Å²) < 4.78 is 0.804. The fourth-order valence-corrected chi connectivity index (χ4v) is 3.47. The van der Waals surface area contributed by atoms with Crippen LogP contribution in [-0.2, 0) is 5.41 Å². The lowest BCUT2D eigenvalue weighted by atomic mass is 9.95. The second-order valence-corrected chi connectivity index (χ2v) is 7.85. The van der Waals surface area contributed by atoms with Gasteiger partial charge in [-0.2, -0.15) is 0 Å². The molecule has 19 heavy (non-hydrogen) atoms. The monoisotopic (exact) mass is 358 g/mol. The van der Waals surface area contributed by atoms with Crippen molar-refractivity contribution in [2.24, 2.45) is 0 Å². The van der Waals surface area contributed by atoms with Gasteiger partial charge in [-0.25, -0.2) is 0 Å². The van der Waals surface area contributed by atoms with E-state index in [9.17, 15) is 5.11 Å². The Kier molecular flexibility index (Phi) is 4.41. The second-order valence-electron chi connectivity index (χ2n) is 5.50. The van der Waals surface area contributed by atoms with E-state index in [-0.39, 0.29) is 5.41 Å². The Morgan fingerprint density at radius 1 is 1.21 bits per heavy atom. The molecule has 0 saturated heterocycles. The summed E-state index contributed by atoms with van der Waals surface area (Å²) in [6.07, 6.45) is -0.675. The first kappa shape index (κ1) is 15.0. The molecule has 1 nitrogen and oxygen atoms in total. The van der Waals surface area contributed by atoms with Crippen LogP contribution in [-0.4, -0.2) is 5.11 Å². The smallest absolute Gasteiger partial charge is 0.115 e. The lowest BCUT2D eigenvalue weighted by Crippen LogP contribution is -2.07. The fourth-order valence-electron chi connectivity index (χ4n) is 1.79. The highest BCUT2D eigenvalue weighted by Gasteiger charge is 2.21. The third kappa shape index (κ3) is 3.22. The van der Waals surface area contributed by atoms with E-state index in [0.29, 0.717) is 5.02 Å². The fraction of sp³-hybridized carbons (Fsp3) is 0.333. The topological polar surface area (TPSA) is 20.2 Å². The summed E-state index contributed by atoms with van der Waals surface area (Å²) in [5, 5.41) is 11.1. The Hall–Kier alpha value is -0.350. The van der Waals surface area contributed by atoms with Gasteiger partial charge < -0.3 is 5.11 Å². The number of hydrogen-bond acceptors (Lipinski definition) is 2. The van der Waals surface area contributed by atoms with E-state index >= 15 is 0 Å². The minimum atomic E-state index is -0.675. The van der Waals surface area contributed by atoms with Crippen LogP contribution in [0.25, 0.3) is 0 Å². The van der Waals surface area contributed by atoms with Crippen LogP contribution in [0.2, 0.25) is 5.02 Å². The maximum Gasteiger partial charge on any atom is 0.115 e. The average molecular weight is 360 g/mol. The third-order valence-corrected chi connectivity index (χ3v) is 5.79. The minimum Gasteiger partial charge on any atom is -0.383 e. The summed E-state index contributed by atoms with van der Waals surface area (Å²) in [4.78, 5) is 2.18. The minimum absolute atomic E-state index is 0.101. The Morgan fingerprint density at radius 2 is 1.89 bits per heavy atom. The first-order valence-electron chi connectivity index (χ1n) is 6.03. The molecule has 0 aliphatic carbocycles. The van der Waals surface area contributed by atoms with Crippen LogP contribution in [0.15, 0.2) is 34.8 Å². The van der Waals surface area contributed by atoms with E-state index in [2.05, 4.69) is 42.8 Å². The van der Waals surface area contributed by atoms with Gasteiger partial charge in [-0.3, -0.25) is 0 Å². The standard InChI is InChI=1S/C15H16BrClOS/c1-15(2,3)12-8-7-11(19-12)14(18)9-5-4-6-10(16)13(9)17/h4-8,14,18H,1-3H3. The number of aliphatic hydroxyl groups is 1. The van der Waals surface area contributed by atoms with Crippen molar-refractivity contribution in [1.29, 1.82) is 0 Å². The molecule has 0 bridgehead atoms. The summed E-state index contributed by atoms with van der Waals surface area (Å²) >= 11 is 11.3. The van der Waals surface area contributed by atoms with Crippen LogP contribution in [0.4, 0.5) is 0 Å². The van der Waals surface area contributed by atoms with Crippen molar-refractivity contribution in [3.05, 3.63) is 55.1 Å². The molecular formula is C15H16BrClOS. The van der Waals surface area contributed by atoms with Gasteiger partial charge >= 0.3 is 0 Å². The maximum atomic E-state index is 10.5. The number of halogens is 2. The molecule has 102 valence electrons. The lowest BCUT2D eigenvalue weighted by molar-refractivity contribution is 0.224. The number of aliphatic hydroxyl groups excluding tert-OH is 1. The highest BCUT2D eigenvalue weighted by atomic mass is 79.9. The highest BCUT2D eigenvalue weighted by Crippen LogP contribution is 2.38. The normalized spacial score (nSPS) is 13.6. The van der Waals surface area contributed by atoms with Crippen LogP contribution in [0.3, 0.4) is 0 Å². The molecule has 2 rings (SSSR count). The van der Waals surface area contributed by atoms with Crippen molar-refractivity contribution < 1.29 is 5.11 Å². The van der Waals surface area contributed by atoms with E-state index < -0.39 is 6.10 Å². The number of benzene rings is 1. The number of rotatable bonds is 2. The molecule has 0 radical (unpaired) electrons. The number of hydrogen-bond donors (Lipinski definition) is 1. The molecular weight excluding hydrogens is 344 g/mol. The summed E-state index contributed by atoms with van der Waals surface area (Å²) in [5.41, 5.74) is 0.835. The third-order valence-electron chi connectivity index (χ3n) is 2.91. The van der Waals surface area contributed by atoms with Gasteiger partial charge in [0.2, 0.25) is 0 Å². The van der Waals surface area contributed by atoms with Crippen LogP contribution in [0.5, 0.6) is 0 Å². The Balaban J connectivity index is 2.37. The molecule has 0 aliphatic rings. The SMILES string of the molecule is CC(C)(C)c1ccc(C(O)c2cccc(Br)c2Cl)s1. The van der Waals surface area contributed by atoms with Gasteiger partial charge in [-0.1, -0.05) is 44.5 Å². The zero-order valence-electron chi connectivity index (χ0n) is 11.1. The molecule has 0 aliphatic heterocycles. The van der Waals surface area contributed by atoms with E-state index in [1.165, 1.54) is 4.88 Å². The molecule has 0 saturated carbocycles. The predicted octanol–water partition coefficient (Wildman–Crippen LogP) is 5.54. The van der Waals surface area contributed by atoms with Gasteiger partial charge in [0, 0.05) is 19.8 Å². The van der Waals surface area contributed by atoms with Crippen LogP contribution in [0.1, 0.15) is 42.2 Å². The van der Waals surface area contributed by atoms with Crippen molar-refractivity contribution in [1.82, 2.24) is 0 Å². The van der Waals surface area contributed by atoms with Crippen LogP contribution in [0, 0.1) is 0 Å². The van der Waals surface area contributed by atoms with Gasteiger partial charge in [-0.15, -0.1) is 11.3 Å². The molecule has 1 N–H and O–H groups in total. The first-order chi connectivity index (χ1) is 8.80. The van der Waals surface area contributed by atoms with Gasteiger partial charge in [0.25, 0.3) is 0 Å². The predicted molar refractivity (Wildman–Crippen MR) is 86.2 cm³/mol. The average Bonchev–Trinajstić information content (AvgIpc) is 2.81. The molecule has 0 fully saturated rings.